The Hall–Kier alpha value is -2.54. The average Bonchev–Trinajstić information content (AvgIpc) is 3.13. The van der Waals surface area contributed by atoms with Crippen molar-refractivity contribution in [2.24, 2.45) is 7.05 Å². The lowest BCUT2D eigenvalue weighted by Crippen LogP contribution is -2.25. The van der Waals surface area contributed by atoms with Crippen molar-refractivity contribution in [1.29, 1.82) is 0 Å². The van der Waals surface area contributed by atoms with Crippen LogP contribution in [0.1, 0.15) is 17.3 Å². The molecule has 0 bridgehead atoms. The molecular weight excluding hydrogens is 266 g/mol. The standard InChI is InChI=1S/C14H17N7/c1-20-7-6-19-14(20)11-21(10-13-17-4-5-18-13)9-12-8-15-2-3-16-12/h2-8H,9-11H2,1H3,(H,17,18). The molecule has 7 nitrogen and oxygen atoms in total. The molecule has 3 aromatic heterocycles. The van der Waals surface area contributed by atoms with E-state index in [0.717, 1.165) is 23.9 Å². The Morgan fingerprint density at radius 2 is 2.00 bits per heavy atom. The molecule has 3 rings (SSSR count). The second kappa shape index (κ2) is 6.27. The van der Waals surface area contributed by atoms with Gasteiger partial charge in [-0.1, -0.05) is 0 Å². The Morgan fingerprint density at radius 3 is 2.67 bits per heavy atom. The smallest absolute Gasteiger partial charge is 0.122 e. The number of imidazole rings is 2. The lowest BCUT2D eigenvalue weighted by atomic mass is 10.3. The summed E-state index contributed by atoms with van der Waals surface area (Å²) in [5.41, 5.74) is 0.929. The first-order valence-electron chi connectivity index (χ1n) is 6.73. The molecule has 0 aliphatic rings. The third-order valence-electron chi connectivity index (χ3n) is 3.22. The number of aromatic nitrogens is 6. The minimum atomic E-state index is 0.696. The molecule has 3 aromatic rings. The zero-order chi connectivity index (χ0) is 14.5. The van der Waals surface area contributed by atoms with Crippen molar-refractivity contribution in [2.45, 2.75) is 19.6 Å². The second-order valence-corrected chi connectivity index (χ2v) is 4.83. The molecule has 0 fully saturated rings. The molecule has 0 unspecified atom stereocenters. The van der Waals surface area contributed by atoms with E-state index in [9.17, 15) is 0 Å². The van der Waals surface area contributed by atoms with Crippen LogP contribution in [0.3, 0.4) is 0 Å². The lowest BCUT2D eigenvalue weighted by Gasteiger charge is -2.20. The molecule has 7 heteroatoms. The van der Waals surface area contributed by atoms with Crippen LogP contribution in [0.2, 0.25) is 0 Å². The summed E-state index contributed by atoms with van der Waals surface area (Å²) < 4.78 is 2.02. The van der Waals surface area contributed by atoms with Crippen molar-refractivity contribution in [3.8, 4) is 0 Å². The second-order valence-electron chi connectivity index (χ2n) is 4.83. The minimum absolute atomic E-state index is 0.696. The summed E-state index contributed by atoms with van der Waals surface area (Å²) in [6.07, 6.45) is 12.5. The Morgan fingerprint density at radius 1 is 1.05 bits per heavy atom. The molecule has 3 heterocycles. The molecule has 1 N–H and O–H groups in total. The first-order chi connectivity index (χ1) is 10.3. The predicted octanol–water partition coefficient (Wildman–Crippen LogP) is 1.14. The number of hydrogen-bond acceptors (Lipinski definition) is 5. The van der Waals surface area contributed by atoms with Gasteiger partial charge in [0.05, 0.1) is 18.8 Å². The fraction of sp³-hybridized carbons (Fsp3) is 0.286. The van der Waals surface area contributed by atoms with Crippen LogP contribution in [0.15, 0.2) is 43.4 Å². The van der Waals surface area contributed by atoms with Gasteiger partial charge in [0.1, 0.15) is 11.6 Å². The number of rotatable bonds is 6. The third kappa shape index (κ3) is 3.51. The van der Waals surface area contributed by atoms with E-state index in [2.05, 4.69) is 29.8 Å². The van der Waals surface area contributed by atoms with Gasteiger partial charge < -0.3 is 9.55 Å². The Kier molecular flexibility index (Phi) is 4.02. The van der Waals surface area contributed by atoms with Gasteiger partial charge in [-0.25, -0.2) is 9.97 Å². The summed E-state index contributed by atoms with van der Waals surface area (Å²) in [5, 5.41) is 0. The quantitative estimate of drug-likeness (QED) is 0.734. The van der Waals surface area contributed by atoms with Crippen LogP contribution in [-0.2, 0) is 26.7 Å². The predicted molar refractivity (Wildman–Crippen MR) is 76.8 cm³/mol. The van der Waals surface area contributed by atoms with Crippen LogP contribution in [0.25, 0.3) is 0 Å². The Bertz CT molecular complexity index is 660. The van der Waals surface area contributed by atoms with E-state index in [4.69, 9.17) is 0 Å². The molecule has 0 saturated carbocycles. The van der Waals surface area contributed by atoms with Gasteiger partial charge in [0.2, 0.25) is 0 Å². The van der Waals surface area contributed by atoms with Crippen LogP contribution >= 0.6 is 0 Å². The van der Waals surface area contributed by atoms with Gasteiger partial charge in [-0.05, 0) is 0 Å². The first-order valence-corrected chi connectivity index (χ1v) is 6.73. The van der Waals surface area contributed by atoms with Gasteiger partial charge >= 0.3 is 0 Å². The van der Waals surface area contributed by atoms with Gasteiger partial charge in [-0.15, -0.1) is 0 Å². The maximum Gasteiger partial charge on any atom is 0.122 e. The number of aromatic amines is 1. The maximum atomic E-state index is 4.38. The van der Waals surface area contributed by atoms with Gasteiger partial charge in [-0.2, -0.15) is 0 Å². The molecule has 0 spiro atoms. The number of nitrogens with zero attached hydrogens (tertiary/aromatic N) is 6. The fourth-order valence-corrected chi connectivity index (χ4v) is 2.15. The van der Waals surface area contributed by atoms with E-state index >= 15 is 0 Å². The molecule has 0 saturated heterocycles. The zero-order valence-electron chi connectivity index (χ0n) is 11.8. The van der Waals surface area contributed by atoms with Crippen LogP contribution in [0.4, 0.5) is 0 Å². The minimum Gasteiger partial charge on any atom is -0.348 e. The van der Waals surface area contributed by atoms with E-state index in [-0.39, 0.29) is 0 Å². The maximum absolute atomic E-state index is 4.38. The summed E-state index contributed by atoms with van der Waals surface area (Å²) in [5.74, 6) is 1.93. The summed E-state index contributed by atoms with van der Waals surface area (Å²) in [6.45, 7) is 2.12. The summed E-state index contributed by atoms with van der Waals surface area (Å²) >= 11 is 0. The highest BCUT2D eigenvalue weighted by Crippen LogP contribution is 2.09. The van der Waals surface area contributed by atoms with Gasteiger partial charge in [0.25, 0.3) is 0 Å². The molecular formula is C14H17N7. The Balaban J connectivity index is 1.75. The number of nitrogens with one attached hydrogen (secondary N) is 1. The summed E-state index contributed by atoms with van der Waals surface area (Å²) in [4.78, 5) is 22.5. The number of H-pyrrole nitrogens is 1. The molecule has 108 valence electrons. The van der Waals surface area contributed by atoms with Crippen LogP contribution in [-0.4, -0.2) is 34.4 Å². The highest BCUT2D eigenvalue weighted by Gasteiger charge is 2.12. The van der Waals surface area contributed by atoms with E-state index in [1.807, 2.05) is 30.2 Å². The van der Waals surface area contributed by atoms with E-state index in [0.29, 0.717) is 13.1 Å². The average molecular weight is 283 g/mol. The number of aryl methyl sites for hydroxylation is 1. The van der Waals surface area contributed by atoms with Crippen molar-refractivity contribution in [3.63, 3.8) is 0 Å². The van der Waals surface area contributed by atoms with Crippen molar-refractivity contribution in [2.75, 3.05) is 0 Å². The van der Waals surface area contributed by atoms with Crippen LogP contribution in [0.5, 0.6) is 0 Å². The molecule has 21 heavy (non-hydrogen) atoms. The summed E-state index contributed by atoms with van der Waals surface area (Å²) in [7, 11) is 2.00. The van der Waals surface area contributed by atoms with E-state index in [1.54, 1.807) is 24.8 Å². The van der Waals surface area contributed by atoms with E-state index < -0.39 is 0 Å². The number of hydrogen-bond donors (Lipinski definition) is 1. The third-order valence-corrected chi connectivity index (χ3v) is 3.22. The molecule has 0 atom stereocenters. The van der Waals surface area contributed by atoms with E-state index in [1.165, 1.54) is 0 Å². The van der Waals surface area contributed by atoms with Crippen molar-refractivity contribution in [3.05, 3.63) is 60.7 Å². The molecule has 0 amide bonds. The SMILES string of the molecule is Cn1ccnc1CN(Cc1cnccn1)Cc1ncc[nH]1. The van der Waals surface area contributed by atoms with Crippen LogP contribution in [0, 0.1) is 0 Å². The molecule has 0 aromatic carbocycles. The Labute approximate surface area is 122 Å². The summed E-state index contributed by atoms with van der Waals surface area (Å²) in [6, 6.07) is 0. The lowest BCUT2D eigenvalue weighted by molar-refractivity contribution is 0.230. The zero-order valence-corrected chi connectivity index (χ0v) is 11.8. The van der Waals surface area contributed by atoms with Crippen molar-refractivity contribution < 1.29 is 0 Å². The normalized spacial score (nSPS) is 11.1. The van der Waals surface area contributed by atoms with Gasteiger partial charge in [-0.3, -0.25) is 14.9 Å². The highest BCUT2D eigenvalue weighted by molar-refractivity contribution is 4.98. The first kappa shape index (κ1) is 13.4. The largest absolute Gasteiger partial charge is 0.348 e. The van der Waals surface area contributed by atoms with Crippen LogP contribution < -0.4 is 0 Å². The monoisotopic (exact) mass is 283 g/mol. The highest BCUT2D eigenvalue weighted by atomic mass is 15.2. The fourth-order valence-electron chi connectivity index (χ4n) is 2.15. The molecule has 0 aliphatic carbocycles. The van der Waals surface area contributed by atoms with Gasteiger partial charge in [0.15, 0.2) is 0 Å². The van der Waals surface area contributed by atoms with Crippen molar-refractivity contribution in [1.82, 2.24) is 34.4 Å². The molecule has 0 aliphatic heterocycles. The van der Waals surface area contributed by atoms with Crippen molar-refractivity contribution >= 4 is 0 Å². The van der Waals surface area contributed by atoms with Gasteiger partial charge in [0, 0.05) is 57.0 Å². The topological polar surface area (TPSA) is 75.5 Å². The molecule has 0 radical (unpaired) electrons.